The minimum atomic E-state index is -1.51. The molecule has 1 aromatic heterocycles. The SMILES string of the molecule is Fc1cc(F)c(F)c(Nc2ccnc(Cl)c2)c1F. The second-order valence-electron chi connectivity index (χ2n) is 3.34. The van der Waals surface area contributed by atoms with E-state index in [0.717, 1.165) is 0 Å². The first-order valence-corrected chi connectivity index (χ1v) is 5.08. The van der Waals surface area contributed by atoms with E-state index in [9.17, 15) is 17.6 Å². The topological polar surface area (TPSA) is 24.9 Å². The van der Waals surface area contributed by atoms with Crippen LogP contribution in [0.3, 0.4) is 0 Å². The van der Waals surface area contributed by atoms with Gasteiger partial charge in [0.25, 0.3) is 0 Å². The molecular weight excluding hydrogens is 272 g/mol. The number of halogens is 5. The summed E-state index contributed by atoms with van der Waals surface area (Å²) in [6, 6.07) is 2.73. The van der Waals surface area contributed by atoms with Crippen molar-refractivity contribution < 1.29 is 17.6 Å². The van der Waals surface area contributed by atoms with Crippen LogP contribution in [0.15, 0.2) is 24.4 Å². The highest BCUT2D eigenvalue weighted by Gasteiger charge is 2.19. The van der Waals surface area contributed by atoms with E-state index in [1.807, 2.05) is 0 Å². The van der Waals surface area contributed by atoms with Crippen LogP contribution in [0, 0.1) is 23.3 Å². The van der Waals surface area contributed by atoms with Crippen molar-refractivity contribution in [2.24, 2.45) is 0 Å². The molecule has 2 aromatic rings. The lowest BCUT2D eigenvalue weighted by molar-refractivity contribution is 0.459. The van der Waals surface area contributed by atoms with Crippen LogP contribution in [-0.4, -0.2) is 4.98 Å². The van der Waals surface area contributed by atoms with Gasteiger partial charge in [-0.1, -0.05) is 11.6 Å². The molecule has 18 heavy (non-hydrogen) atoms. The molecule has 0 saturated heterocycles. The third-order valence-corrected chi connectivity index (χ3v) is 2.31. The van der Waals surface area contributed by atoms with Crippen LogP contribution in [0.4, 0.5) is 28.9 Å². The zero-order chi connectivity index (χ0) is 13.3. The summed E-state index contributed by atoms with van der Waals surface area (Å²) in [5, 5.41) is 2.28. The zero-order valence-electron chi connectivity index (χ0n) is 8.65. The molecule has 0 amide bonds. The number of nitrogens with zero attached hydrogens (tertiary/aromatic N) is 1. The minimum Gasteiger partial charge on any atom is -0.350 e. The fourth-order valence-corrected chi connectivity index (χ4v) is 1.48. The lowest BCUT2D eigenvalue weighted by Gasteiger charge is -2.09. The fraction of sp³-hybridized carbons (Fsp3) is 0. The molecule has 0 aliphatic heterocycles. The molecule has 0 aliphatic rings. The lowest BCUT2D eigenvalue weighted by atomic mass is 10.2. The Morgan fingerprint density at radius 3 is 2.17 bits per heavy atom. The van der Waals surface area contributed by atoms with Gasteiger partial charge in [-0.2, -0.15) is 0 Å². The van der Waals surface area contributed by atoms with Crippen molar-refractivity contribution in [2.45, 2.75) is 0 Å². The molecule has 1 N–H and O–H groups in total. The largest absolute Gasteiger partial charge is 0.350 e. The first kappa shape index (κ1) is 12.6. The molecule has 1 aromatic carbocycles. The smallest absolute Gasteiger partial charge is 0.185 e. The molecule has 1 heterocycles. The highest BCUT2D eigenvalue weighted by molar-refractivity contribution is 6.29. The van der Waals surface area contributed by atoms with Crippen molar-refractivity contribution in [3.8, 4) is 0 Å². The van der Waals surface area contributed by atoms with E-state index >= 15 is 0 Å². The molecule has 2 rings (SSSR count). The predicted octanol–water partition coefficient (Wildman–Crippen LogP) is 4.04. The summed E-state index contributed by atoms with van der Waals surface area (Å²) in [6.07, 6.45) is 1.27. The van der Waals surface area contributed by atoms with E-state index in [1.54, 1.807) is 0 Å². The first-order valence-electron chi connectivity index (χ1n) is 4.70. The molecule has 0 saturated carbocycles. The summed E-state index contributed by atoms with van der Waals surface area (Å²) in [5.41, 5.74) is -0.771. The fourth-order valence-electron chi connectivity index (χ4n) is 1.31. The monoisotopic (exact) mass is 276 g/mol. The van der Waals surface area contributed by atoms with E-state index in [0.29, 0.717) is 0 Å². The minimum absolute atomic E-state index is 0.0673. The van der Waals surface area contributed by atoms with E-state index in [-0.39, 0.29) is 16.9 Å². The molecule has 0 radical (unpaired) electrons. The Hall–Kier alpha value is -1.82. The molecule has 7 heteroatoms. The van der Waals surface area contributed by atoms with Crippen molar-refractivity contribution in [1.82, 2.24) is 4.98 Å². The number of benzene rings is 1. The average Bonchev–Trinajstić information content (AvgIpc) is 2.32. The van der Waals surface area contributed by atoms with E-state index in [4.69, 9.17) is 11.6 Å². The summed E-state index contributed by atoms with van der Waals surface area (Å²) in [6.45, 7) is 0. The van der Waals surface area contributed by atoms with Crippen molar-refractivity contribution in [3.05, 3.63) is 52.8 Å². The number of anilines is 2. The first-order chi connectivity index (χ1) is 8.49. The molecule has 0 unspecified atom stereocenters. The second-order valence-corrected chi connectivity index (χ2v) is 3.72. The van der Waals surface area contributed by atoms with Gasteiger partial charge in [-0.05, 0) is 12.1 Å². The third kappa shape index (κ3) is 2.38. The Morgan fingerprint density at radius 1 is 1.00 bits per heavy atom. The van der Waals surface area contributed by atoms with Gasteiger partial charge in [0.15, 0.2) is 23.3 Å². The van der Waals surface area contributed by atoms with Crippen LogP contribution < -0.4 is 5.32 Å². The van der Waals surface area contributed by atoms with Gasteiger partial charge in [-0.25, -0.2) is 22.5 Å². The van der Waals surface area contributed by atoms with Gasteiger partial charge in [0.05, 0.1) is 0 Å². The molecule has 2 nitrogen and oxygen atoms in total. The van der Waals surface area contributed by atoms with E-state index < -0.39 is 29.0 Å². The Morgan fingerprint density at radius 2 is 1.61 bits per heavy atom. The summed E-state index contributed by atoms with van der Waals surface area (Å²) in [5.74, 6) is -6.00. The van der Waals surface area contributed by atoms with Crippen LogP contribution in [0.2, 0.25) is 5.15 Å². The lowest BCUT2D eigenvalue weighted by Crippen LogP contribution is -2.03. The molecule has 0 aliphatic carbocycles. The number of nitrogens with one attached hydrogen (secondary N) is 1. The van der Waals surface area contributed by atoms with E-state index in [1.165, 1.54) is 18.3 Å². The van der Waals surface area contributed by atoms with Crippen molar-refractivity contribution in [3.63, 3.8) is 0 Å². The van der Waals surface area contributed by atoms with Crippen molar-refractivity contribution in [1.29, 1.82) is 0 Å². The van der Waals surface area contributed by atoms with Gasteiger partial charge < -0.3 is 5.32 Å². The molecule has 0 bridgehead atoms. The maximum absolute atomic E-state index is 13.3. The van der Waals surface area contributed by atoms with Crippen LogP contribution in [-0.2, 0) is 0 Å². The van der Waals surface area contributed by atoms with Gasteiger partial charge in [0.2, 0.25) is 0 Å². The Kier molecular flexibility index (Phi) is 3.38. The molecule has 0 spiro atoms. The molecular formula is C11H5ClF4N2. The Labute approximate surface area is 104 Å². The normalized spacial score (nSPS) is 10.5. The highest BCUT2D eigenvalue weighted by Crippen LogP contribution is 2.27. The standard InChI is InChI=1S/C11H5ClF4N2/c12-8-3-5(1-2-17-8)18-11-9(15)6(13)4-7(14)10(11)16/h1-4H,(H,17,18). The van der Waals surface area contributed by atoms with Crippen LogP contribution >= 0.6 is 11.6 Å². The average molecular weight is 277 g/mol. The third-order valence-electron chi connectivity index (χ3n) is 2.11. The van der Waals surface area contributed by atoms with Gasteiger partial charge in [0.1, 0.15) is 10.8 Å². The van der Waals surface area contributed by atoms with E-state index in [2.05, 4.69) is 10.3 Å². The summed E-state index contributed by atoms with van der Waals surface area (Å²) < 4.78 is 52.6. The summed E-state index contributed by atoms with van der Waals surface area (Å²) in [7, 11) is 0. The highest BCUT2D eigenvalue weighted by atomic mass is 35.5. The number of hydrogen-bond donors (Lipinski definition) is 1. The Balaban J connectivity index is 2.46. The van der Waals surface area contributed by atoms with Crippen LogP contribution in [0.5, 0.6) is 0 Å². The maximum atomic E-state index is 13.3. The molecule has 0 fully saturated rings. The van der Waals surface area contributed by atoms with Crippen LogP contribution in [0.25, 0.3) is 0 Å². The van der Waals surface area contributed by atoms with Gasteiger partial charge >= 0.3 is 0 Å². The van der Waals surface area contributed by atoms with Crippen LogP contribution in [0.1, 0.15) is 0 Å². The molecule has 0 atom stereocenters. The second kappa shape index (κ2) is 4.81. The van der Waals surface area contributed by atoms with Crippen molar-refractivity contribution >= 4 is 23.0 Å². The quantitative estimate of drug-likeness (QED) is 0.509. The summed E-state index contributed by atoms with van der Waals surface area (Å²) in [4.78, 5) is 3.65. The Bertz CT molecular complexity index is 578. The number of aromatic nitrogens is 1. The summed E-state index contributed by atoms with van der Waals surface area (Å²) >= 11 is 5.57. The number of hydrogen-bond acceptors (Lipinski definition) is 2. The number of rotatable bonds is 2. The van der Waals surface area contributed by atoms with Crippen molar-refractivity contribution in [2.75, 3.05) is 5.32 Å². The number of pyridine rings is 1. The predicted molar refractivity (Wildman–Crippen MR) is 58.8 cm³/mol. The molecule has 94 valence electrons. The zero-order valence-corrected chi connectivity index (χ0v) is 9.40. The maximum Gasteiger partial charge on any atom is 0.185 e. The van der Waals surface area contributed by atoms with Gasteiger partial charge in [-0.15, -0.1) is 0 Å². The van der Waals surface area contributed by atoms with Gasteiger partial charge in [0, 0.05) is 18.0 Å². The van der Waals surface area contributed by atoms with Gasteiger partial charge in [-0.3, -0.25) is 0 Å².